The Labute approximate surface area is 224 Å². The number of hydrogen-bond donors (Lipinski definition) is 0. The van der Waals surface area contributed by atoms with Gasteiger partial charge in [-0.3, -0.25) is 4.79 Å². The van der Waals surface area contributed by atoms with Gasteiger partial charge in [-0.05, 0) is 6.42 Å². The molecule has 222 valence electrons. The Morgan fingerprint density at radius 1 is 0.405 bits per heavy atom. The highest BCUT2D eigenvalue weighted by Crippen LogP contribution is 2.08. The zero-order valence-electron chi connectivity index (χ0n) is 23.6. The Bertz CT molecular complexity index is 439. The van der Waals surface area contributed by atoms with Gasteiger partial charge in [0.1, 0.15) is 0 Å². The molecule has 0 aliphatic heterocycles. The lowest BCUT2D eigenvalue weighted by Crippen LogP contribution is -2.15. The fourth-order valence-electron chi connectivity index (χ4n) is 3.06. The second-order valence-electron chi connectivity index (χ2n) is 8.42. The Morgan fingerprint density at radius 3 is 1.05 bits per heavy atom. The smallest absolute Gasteiger partial charge is 0.304 e. The summed E-state index contributed by atoms with van der Waals surface area (Å²) in [6.45, 7) is 11.6. The van der Waals surface area contributed by atoms with Gasteiger partial charge < -0.3 is 42.6 Å². The molecule has 0 N–H and O–H groups in total. The highest BCUT2D eigenvalue weighted by molar-refractivity contribution is 5.65. The molecule has 0 aliphatic rings. The van der Waals surface area contributed by atoms with Gasteiger partial charge in [0.15, 0.2) is 6.79 Å². The second kappa shape index (κ2) is 33.2. The average Bonchev–Trinajstić information content (AvgIpc) is 2.89. The largest absolute Gasteiger partial charge is 0.439 e. The average molecular weight is 539 g/mol. The van der Waals surface area contributed by atoms with Crippen molar-refractivity contribution in [2.24, 2.45) is 0 Å². The maximum atomic E-state index is 10.5. The molecule has 0 heterocycles. The quantitative estimate of drug-likeness (QED) is 0.0714. The van der Waals surface area contributed by atoms with E-state index in [4.69, 9.17) is 37.9 Å². The van der Waals surface area contributed by atoms with Crippen molar-refractivity contribution in [2.45, 2.75) is 65.2 Å². The van der Waals surface area contributed by atoms with Gasteiger partial charge in [0.05, 0.1) is 92.5 Å². The van der Waals surface area contributed by atoms with Gasteiger partial charge in [0.2, 0.25) is 0 Å². The van der Waals surface area contributed by atoms with Crippen LogP contribution in [0.25, 0.3) is 0 Å². The standard InChI is InChI=1S/C27H54O10/c1-3-4-5-6-7-8-9-10-11-29-12-13-30-14-15-31-16-17-32-18-19-33-20-21-34-22-23-35-24-25-36-26-37-27(2)28/h3-26H2,1-2H3. The number of hydrogen-bond acceptors (Lipinski definition) is 10. The first-order chi connectivity index (χ1) is 18.3. The van der Waals surface area contributed by atoms with E-state index in [0.717, 1.165) is 13.0 Å². The maximum absolute atomic E-state index is 10.5. The van der Waals surface area contributed by atoms with Gasteiger partial charge in [-0.15, -0.1) is 0 Å². The summed E-state index contributed by atoms with van der Waals surface area (Å²) in [5.41, 5.74) is 0. The van der Waals surface area contributed by atoms with E-state index in [1.807, 2.05) is 0 Å². The van der Waals surface area contributed by atoms with Crippen LogP contribution in [0.4, 0.5) is 0 Å². The third-order valence-corrected chi connectivity index (χ3v) is 5.09. The summed E-state index contributed by atoms with van der Waals surface area (Å²) in [5, 5.41) is 0. The predicted molar refractivity (Wildman–Crippen MR) is 141 cm³/mol. The summed E-state index contributed by atoms with van der Waals surface area (Å²) in [6, 6.07) is 0. The lowest BCUT2D eigenvalue weighted by molar-refractivity contribution is -0.154. The van der Waals surface area contributed by atoms with Crippen molar-refractivity contribution in [2.75, 3.05) is 106 Å². The van der Waals surface area contributed by atoms with E-state index < -0.39 is 0 Å². The lowest BCUT2D eigenvalue weighted by Gasteiger charge is -2.08. The molecular formula is C27H54O10. The summed E-state index contributed by atoms with van der Waals surface area (Å²) in [6.07, 6.45) is 10.5. The minimum atomic E-state index is -0.366. The molecule has 0 bridgehead atoms. The maximum Gasteiger partial charge on any atom is 0.304 e. The second-order valence-corrected chi connectivity index (χ2v) is 8.42. The Morgan fingerprint density at radius 2 is 0.703 bits per heavy atom. The molecule has 0 saturated heterocycles. The normalized spacial score (nSPS) is 11.3. The molecule has 0 aromatic carbocycles. The van der Waals surface area contributed by atoms with Crippen molar-refractivity contribution in [3.63, 3.8) is 0 Å². The highest BCUT2D eigenvalue weighted by atomic mass is 16.7. The van der Waals surface area contributed by atoms with Crippen molar-refractivity contribution in [3.8, 4) is 0 Å². The molecule has 0 aromatic rings. The summed E-state index contributed by atoms with van der Waals surface area (Å²) in [7, 11) is 0. The van der Waals surface area contributed by atoms with E-state index in [1.165, 1.54) is 51.9 Å². The topological polar surface area (TPSA) is 100 Å². The minimum absolute atomic E-state index is 0.0477. The van der Waals surface area contributed by atoms with Crippen LogP contribution < -0.4 is 0 Å². The molecule has 0 aromatic heterocycles. The summed E-state index contributed by atoms with van der Waals surface area (Å²) in [5.74, 6) is -0.366. The summed E-state index contributed by atoms with van der Waals surface area (Å²) >= 11 is 0. The van der Waals surface area contributed by atoms with Crippen molar-refractivity contribution in [1.82, 2.24) is 0 Å². The fraction of sp³-hybridized carbons (Fsp3) is 0.963. The van der Waals surface area contributed by atoms with Crippen LogP contribution >= 0.6 is 0 Å². The molecule has 10 heteroatoms. The first kappa shape index (κ1) is 36.1. The number of esters is 1. The van der Waals surface area contributed by atoms with E-state index >= 15 is 0 Å². The molecule has 10 nitrogen and oxygen atoms in total. The number of rotatable bonds is 32. The molecule has 0 amide bonds. The van der Waals surface area contributed by atoms with Gasteiger partial charge in [-0.2, -0.15) is 0 Å². The molecule has 0 rings (SSSR count). The van der Waals surface area contributed by atoms with Crippen LogP contribution in [0.2, 0.25) is 0 Å². The van der Waals surface area contributed by atoms with Crippen LogP contribution in [0, 0.1) is 0 Å². The predicted octanol–water partition coefficient (Wildman–Crippen LogP) is 3.78. The molecule has 0 radical (unpaired) electrons. The van der Waals surface area contributed by atoms with Crippen molar-refractivity contribution in [3.05, 3.63) is 0 Å². The van der Waals surface area contributed by atoms with Gasteiger partial charge >= 0.3 is 5.97 Å². The highest BCUT2D eigenvalue weighted by Gasteiger charge is 1.96. The number of carbonyl (C=O) groups is 1. The van der Waals surface area contributed by atoms with E-state index in [-0.39, 0.29) is 12.8 Å². The monoisotopic (exact) mass is 538 g/mol. The molecule has 0 spiro atoms. The molecule has 0 fully saturated rings. The molecule has 37 heavy (non-hydrogen) atoms. The fourth-order valence-corrected chi connectivity index (χ4v) is 3.06. The van der Waals surface area contributed by atoms with Crippen LogP contribution in [-0.4, -0.2) is 112 Å². The number of carbonyl (C=O) groups excluding carboxylic acids is 1. The van der Waals surface area contributed by atoms with Crippen LogP contribution in [0.5, 0.6) is 0 Å². The SMILES string of the molecule is CCCCCCCCCCOCCOCCOCCOCCOCCOCCOCCOCOC(C)=O. The lowest BCUT2D eigenvalue weighted by atomic mass is 10.1. The molecule has 0 aliphatic carbocycles. The molecule has 0 unspecified atom stereocenters. The van der Waals surface area contributed by atoms with E-state index in [2.05, 4.69) is 11.7 Å². The van der Waals surface area contributed by atoms with Crippen molar-refractivity contribution in [1.29, 1.82) is 0 Å². The van der Waals surface area contributed by atoms with Gasteiger partial charge in [-0.25, -0.2) is 0 Å². The van der Waals surface area contributed by atoms with Gasteiger partial charge in [0.25, 0.3) is 0 Å². The third kappa shape index (κ3) is 35.1. The van der Waals surface area contributed by atoms with Gasteiger partial charge in [-0.1, -0.05) is 51.9 Å². The van der Waals surface area contributed by atoms with Crippen LogP contribution in [0.1, 0.15) is 65.2 Å². The Kier molecular flexibility index (Phi) is 32.4. The van der Waals surface area contributed by atoms with Gasteiger partial charge in [0, 0.05) is 13.5 Å². The van der Waals surface area contributed by atoms with E-state index in [9.17, 15) is 4.79 Å². The van der Waals surface area contributed by atoms with Crippen molar-refractivity contribution < 1.29 is 47.4 Å². The van der Waals surface area contributed by atoms with Crippen molar-refractivity contribution >= 4 is 5.97 Å². The van der Waals surface area contributed by atoms with E-state index in [1.54, 1.807) is 0 Å². The number of unbranched alkanes of at least 4 members (excludes halogenated alkanes) is 7. The Hall–Kier alpha value is -0.850. The van der Waals surface area contributed by atoms with E-state index in [0.29, 0.717) is 92.5 Å². The zero-order chi connectivity index (χ0) is 26.9. The zero-order valence-corrected chi connectivity index (χ0v) is 23.6. The third-order valence-electron chi connectivity index (χ3n) is 5.09. The summed E-state index contributed by atoms with van der Waals surface area (Å²) in [4.78, 5) is 10.5. The molecule has 0 atom stereocenters. The summed E-state index contributed by atoms with van der Waals surface area (Å²) < 4.78 is 47.9. The van der Waals surface area contributed by atoms with Crippen LogP contribution in [0.15, 0.2) is 0 Å². The number of ether oxygens (including phenoxy) is 9. The molecule has 0 saturated carbocycles. The first-order valence-electron chi connectivity index (χ1n) is 14.0. The van der Waals surface area contributed by atoms with Crippen LogP contribution in [0.3, 0.4) is 0 Å². The Balaban J connectivity index is 3.02. The van der Waals surface area contributed by atoms with Crippen LogP contribution in [-0.2, 0) is 47.4 Å². The molecular weight excluding hydrogens is 484 g/mol. The minimum Gasteiger partial charge on any atom is -0.439 e. The first-order valence-corrected chi connectivity index (χ1v) is 14.0.